The van der Waals surface area contributed by atoms with Crippen LogP contribution in [0.2, 0.25) is 0 Å². The van der Waals surface area contributed by atoms with Crippen LogP contribution in [0.4, 0.5) is 27.4 Å². The zero-order chi connectivity index (χ0) is 21.7. The van der Waals surface area contributed by atoms with Gasteiger partial charge in [-0.1, -0.05) is 0 Å². The SMILES string of the molecule is Cc1c(N)cncc1-c1cc2cc(Nc3cc4n(n3)CS(=O)CC4)ncc2c(N)c1F. The number of benzene rings is 1. The number of hydrogen-bond donors (Lipinski definition) is 3. The Balaban J connectivity index is 1.56. The van der Waals surface area contributed by atoms with E-state index < -0.39 is 16.6 Å². The third-order valence-electron chi connectivity index (χ3n) is 5.51. The first kappa shape index (κ1) is 19.4. The average molecular weight is 438 g/mol. The van der Waals surface area contributed by atoms with Crippen molar-refractivity contribution in [3.05, 3.63) is 53.9 Å². The molecule has 0 bridgehead atoms. The van der Waals surface area contributed by atoms with Crippen LogP contribution in [0, 0.1) is 12.7 Å². The Kier molecular flexibility index (Phi) is 4.58. The Labute approximate surface area is 179 Å². The molecule has 0 saturated carbocycles. The third-order valence-corrected chi connectivity index (χ3v) is 6.71. The number of nitrogens with one attached hydrogen (secondary N) is 1. The predicted molar refractivity (Wildman–Crippen MR) is 121 cm³/mol. The van der Waals surface area contributed by atoms with Crippen LogP contribution >= 0.6 is 0 Å². The fourth-order valence-electron chi connectivity index (χ4n) is 3.75. The molecule has 4 aromatic rings. The van der Waals surface area contributed by atoms with Gasteiger partial charge in [0.15, 0.2) is 11.6 Å². The molecule has 1 aliphatic heterocycles. The lowest BCUT2D eigenvalue weighted by Gasteiger charge is -2.13. The Morgan fingerprint density at radius 2 is 1.97 bits per heavy atom. The minimum absolute atomic E-state index is 0.0216. The largest absolute Gasteiger partial charge is 0.397 e. The van der Waals surface area contributed by atoms with Gasteiger partial charge in [0.25, 0.3) is 0 Å². The van der Waals surface area contributed by atoms with Crippen LogP contribution in [-0.4, -0.2) is 29.7 Å². The predicted octanol–water partition coefficient (Wildman–Crippen LogP) is 3.11. The lowest BCUT2D eigenvalue weighted by Crippen LogP contribution is -2.19. The standard InChI is InChI=1S/C21H20FN7OS/c1-11-15(7-25-9-17(11)23)14-4-12-5-18(26-8-16(12)21(24)20(14)22)27-19-6-13-2-3-31(30)10-29(13)28-19/h4-9H,2-3,10,23-24H2,1H3,(H,26,27,28). The highest BCUT2D eigenvalue weighted by atomic mass is 32.2. The second-order valence-corrected chi connectivity index (χ2v) is 9.06. The van der Waals surface area contributed by atoms with E-state index in [1.165, 1.54) is 12.4 Å². The maximum absolute atomic E-state index is 15.1. The number of pyridine rings is 2. The van der Waals surface area contributed by atoms with Crippen molar-refractivity contribution in [3.63, 3.8) is 0 Å². The molecule has 5 N–H and O–H groups in total. The summed E-state index contributed by atoms with van der Waals surface area (Å²) in [5.41, 5.74) is 15.2. The molecule has 1 unspecified atom stereocenters. The number of rotatable bonds is 3. The summed E-state index contributed by atoms with van der Waals surface area (Å²) in [6, 6.07) is 5.44. The number of hydrogen-bond acceptors (Lipinski definition) is 7. The molecule has 0 spiro atoms. The van der Waals surface area contributed by atoms with Gasteiger partial charge in [-0.25, -0.2) is 9.37 Å². The summed E-state index contributed by atoms with van der Waals surface area (Å²) in [5, 5.41) is 8.87. The van der Waals surface area contributed by atoms with Crippen LogP contribution in [0.3, 0.4) is 0 Å². The van der Waals surface area contributed by atoms with E-state index in [4.69, 9.17) is 11.5 Å². The molecule has 0 amide bonds. The van der Waals surface area contributed by atoms with E-state index in [0.717, 1.165) is 23.1 Å². The number of nitrogen functional groups attached to an aromatic ring is 2. The van der Waals surface area contributed by atoms with Gasteiger partial charge in [-0.3, -0.25) is 13.9 Å². The van der Waals surface area contributed by atoms with E-state index in [2.05, 4.69) is 20.4 Å². The normalized spacial score (nSPS) is 15.7. The van der Waals surface area contributed by atoms with Gasteiger partial charge in [-0.05, 0) is 30.0 Å². The molecular formula is C21H20FN7OS. The molecule has 0 fully saturated rings. The first-order valence-electron chi connectivity index (χ1n) is 9.67. The minimum Gasteiger partial charge on any atom is -0.397 e. The lowest BCUT2D eigenvalue weighted by atomic mass is 9.97. The molecule has 158 valence electrons. The van der Waals surface area contributed by atoms with Crippen molar-refractivity contribution in [1.29, 1.82) is 0 Å². The molecule has 4 heterocycles. The summed E-state index contributed by atoms with van der Waals surface area (Å²) in [7, 11) is -0.889. The number of nitrogens with two attached hydrogens (primary N) is 2. The molecular weight excluding hydrogens is 417 g/mol. The number of nitrogens with zero attached hydrogens (tertiary/aromatic N) is 4. The molecule has 0 aliphatic carbocycles. The van der Waals surface area contributed by atoms with Gasteiger partial charge in [0.1, 0.15) is 11.7 Å². The van der Waals surface area contributed by atoms with Crippen molar-refractivity contribution in [2.75, 3.05) is 22.5 Å². The first-order chi connectivity index (χ1) is 14.9. The van der Waals surface area contributed by atoms with Crippen LogP contribution in [0.15, 0.2) is 36.8 Å². The van der Waals surface area contributed by atoms with E-state index >= 15 is 4.39 Å². The zero-order valence-electron chi connectivity index (χ0n) is 16.7. The Bertz CT molecular complexity index is 1370. The smallest absolute Gasteiger partial charge is 0.154 e. The molecule has 8 nitrogen and oxygen atoms in total. The highest BCUT2D eigenvalue weighted by molar-refractivity contribution is 7.84. The minimum atomic E-state index is -0.889. The number of halogens is 1. The van der Waals surface area contributed by atoms with Crippen LogP contribution in [0.25, 0.3) is 21.9 Å². The first-order valence-corrected chi connectivity index (χ1v) is 11.2. The van der Waals surface area contributed by atoms with Crippen LogP contribution < -0.4 is 16.8 Å². The van der Waals surface area contributed by atoms with Gasteiger partial charge < -0.3 is 16.8 Å². The maximum atomic E-state index is 15.1. The molecule has 0 radical (unpaired) electrons. The van der Waals surface area contributed by atoms with Crippen molar-refractivity contribution in [1.82, 2.24) is 19.7 Å². The van der Waals surface area contributed by atoms with Crippen molar-refractivity contribution < 1.29 is 8.60 Å². The summed E-state index contributed by atoms with van der Waals surface area (Å²) in [5.74, 6) is 1.68. The maximum Gasteiger partial charge on any atom is 0.154 e. The van der Waals surface area contributed by atoms with E-state index in [0.29, 0.717) is 45.5 Å². The monoisotopic (exact) mass is 437 g/mol. The van der Waals surface area contributed by atoms with E-state index in [1.807, 2.05) is 13.0 Å². The van der Waals surface area contributed by atoms with E-state index in [1.54, 1.807) is 23.0 Å². The second kappa shape index (κ2) is 7.31. The van der Waals surface area contributed by atoms with Gasteiger partial charge in [-0.2, -0.15) is 5.10 Å². The van der Waals surface area contributed by atoms with Crippen molar-refractivity contribution in [3.8, 4) is 11.1 Å². The van der Waals surface area contributed by atoms with Gasteiger partial charge in [0.2, 0.25) is 0 Å². The molecule has 1 aliphatic rings. The summed E-state index contributed by atoms with van der Waals surface area (Å²) in [6.45, 7) is 1.82. The molecule has 3 aromatic heterocycles. The third kappa shape index (κ3) is 3.38. The molecule has 10 heteroatoms. The van der Waals surface area contributed by atoms with Crippen molar-refractivity contribution in [2.45, 2.75) is 19.2 Å². The van der Waals surface area contributed by atoms with Crippen LogP contribution in [0.5, 0.6) is 0 Å². The molecule has 1 atom stereocenters. The Morgan fingerprint density at radius 3 is 2.81 bits per heavy atom. The quantitative estimate of drug-likeness (QED) is 0.421. The summed E-state index contributed by atoms with van der Waals surface area (Å²) < 4.78 is 28.6. The number of fused-ring (bicyclic) bond motifs is 2. The summed E-state index contributed by atoms with van der Waals surface area (Å²) >= 11 is 0. The topological polar surface area (TPSA) is 125 Å². The summed E-state index contributed by atoms with van der Waals surface area (Å²) in [6.07, 6.45) is 5.37. The molecule has 31 heavy (non-hydrogen) atoms. The van der Waals surface area contributed by atoms with Crippen molar-refractivity contribution in [2.24, 2.45) is 0 Å². The van der Waals surface area contributed by atoms with E-state index in [-0.39, 0.29) is 5.69 Å². The highest BCUT2D eigenvalue weighted by Gasteiger charge is 2.18. The number of aryl methyl sites for hydroxylation is 1. The fraction of sp³-hybridized carbons (Fsp3) is 0.190. The Morgan fingerprint density at radius 1 is 1.13 bits per heavy atom. The van der Waals surface area contributed by atoms with Crippen LogP contribution in [0.1, 0.15) is 11.3 Å². The van der Waals surface area contributed by atoms with Crippen LogP contribution in [-0.2, 0) is 23.1 Å². The van der Waals surface area contributed by atoms with E-state index in [9.17, 15) is 4.21 Å². The highest BCUT2D eigenvalue weighted by Crippen LogP contribution is 2.36. The number of aromatic nitrogens is 4. The second-order valence-electron chi connectivity index (χ2n) is 7.51. The summed E-state index contributed by atoms with van der Waals surface area (Å²) in [4.78, 5) is 8.45. The van der Waals surface area contributed by atoms with Gasteiger partial charge in [-0.15, -0.1) is 0 Å². The van der Waals surface area contributed by atoms with Gasteiger partial charge in [0.05, 0.1) is 17.6 Å². The van der Waals surface area contributed by atoms with Crippen molar-refractivity contribution >= 4 is 44.6 Å². The number of anilines is 4. The molecule has 5 rings (SSSR count). The van der Waals surface area contributed by atoms with Gasteiger partial charge in [0, 0.05) is 63.6 Å². The Hall–Kier alpha value is -3.53. The van der Waals surface area contributed by atoms with Gasteiger partial charge >= 0.3 is 0 Å². The molecule has 0 saturated heterocycles. The zero-order valence-corrected chi connectivity index (χ0v) is 17.5. The average Bonchev–Trinajstić information content (AvgIpc) is 3.14. The fourth-order valence-corrected chi connectivity index (χ4v) is 4.82. The lowest BCUT2D eigenvalue weighted by molar-refractivity contribution is 0.631. The molecule has 1 aromatic carbocycles.